The minimum atomic E-state index is -0.349. The highest BCUT2D eigenvalue weighted by Gasteiger charge is 2.21. The fraction of sp³-hybridized carbons (Fsp3) is 0.348. The van der Waals surface area contributed by atoms with Gasteiger partial charge in [-0.15, -0.1) is 0 Å². The van der Waals surface area contributed by atoms with Gasteiger partial charge in [-0.3, -0.25) is 19.3 Å². The van der Waals surface area contributed by atoms with Crippen molar-refractivity contribution in [3.05, 3.63) is 60.2 Å². The topological polar surface area (TPSA) is 78.5 Å². The first-order valence-corrected chi connectivity index (χ1v) is 9.91. The van der Waals surface area contributed by atoms with Crippen LogP contribution in [0.15, 0.2) is 54.6 Å². The molecule has 2 N–H and O–H groups in total. The van der Waals surface area contributed by atoms with Crippen molar-refractivity contribution in [1.82, 2.24) is 4.90 Å². The number of ketones is 1. The Bertz CT molecular complexity index is 819. The van der Waals surface area contributed by atoms with Gasteiger partial charge in [-0.2, -0.15) is 0 Å². The smallest absolute Gasteiger partial charge is 0.241 e. The molecule has 1 unspecified atom stereocenters. The van der Waals surface area contributed by atoms with E-state index in [0.29, 0.717) is 17.8 Å². The van der Waals surface area contributed by atoms with Crippen molar-refractivity contribution in [2.24, 2.45) is 0 Å². The fourth-order valence-corrected chi connectivity index (χ4v) is 2.98. The number of carbonyl (C=O) groups is 3. The number of para-hydroxylation sites is 1. The number of hydrogen-bond donors (Lipinski definition) is 2. The van der Waals surface area contributed by atoms with Gasteiger partial charge >= 0.3 is 0 Å². The van der Waals surface area contributed by atoms with Crippen LogP contribution in [-0.4, -0.2) is 41.6 Å². The molecular weight excluding hydrogens is 366 g/mol. The molecule has 0 heterocycles. The zero-order chi connectivity index (χ0) is 21.2. The van der Waals surface area contributed by atoms with Gasteiger partial charge in [0.15, 0.2) is 5.78 Å². The van der Waals surface area contributed by atoms with Crippen LogP contribution in [0, 0.1) is 0 Å². The maximum Gasteiger partial charge on any atom is 0.241 e. The van der Waals surface area contributed by atoms with E-state index >= 15 is 0 Å². The molecule has 6 nitrogen and oxygen atoms in total. The zero-order valence-corrected chi connectivity index (χ0v) is 17.3. The number of rotatable bonds is 10. The van der Waals surface area contributed by atoms with Gasteiger partial charge in [-0.1, -0.05) is 25.1 Å². The molecule has 0 fully saturated rings. The molecule has 2 amide bonds. The molecule has 0 aromatic heterocycles. The average Bonchev–Trinajstić information content (AvgIpc) is 2.71. The SMILES string of the molecule is CCCN(CCC(=O)Nc1ccc(C(C)=O)cc1)C(C)C(=O)Nc1ccccc1. The van der Waals surface area contributed by atoms with E-state index < -0.39 is 0 Å². The summed E-state index contributed by atoms with van der Waals surface area (Å²) >= 11 is 0. The number of hydrogen-bond acceptors (Lipinski definition) is 4. The highest BCUT2D eigenvalue weighted by Crippen LogP contribution is 2.12. The third-order valence-corrected chi connectivity index (χ3v) is 4.68. The number of nitrogens with one attached hydrogen (secondary N) is 2. The van der Waals surface area contributed by atoms with Crippen molar-refractivity contribution in [2.45, 2.75) is 39.7 Å². The summed E-state index contributed by atoms with van der Waals surface area (Å²) in [6.07, 6.45) is 1.16. The summed E-state index contributed by atoms with van der Waals surface area (Å²) < 4.78 is 0. The largest absolute Gasteiger partial charge is 0.326 e. The minimum absolute atomic E-state index is 0.0131. The van der Waals surface area contributed by atoms with Crippen molar-refractivity contribution in [3.63, 3.8) is 0 Å². The standard InChI is InChI=1S/C23H29N3O3/c1-4-15-26(17(2)23(29)25-20-8-6-5-7-9-20)16-14-22(28)24-21-12-10-19(11-13-21)18(3)27/h5-13,17H,4,14-16H2,1-3H3,(H,24,28)(H,25,29). The predicted molar refractivity (Wildman–Crippen MR) is 116 cm³/mol. The number of benzene rings is 2. The second-order valence-corrected chi connectivity index (χ2v) is 7.00. The molecule has 0 aliphatic rings. The quantitative estimate of drug-likeness (QED) is 0.597. The van der Waals surface area contributed by atoms with E-state index in [-0.39, 0.29) is 30.1 Å². The van der Waals surface area contributed by atoms with Crippen LogP contribution >= 0.6 is 0 Å². The van der Waals surface area contributed by atoms with Gasteiger partial charge < -0.3 is 10.6 Å². The Morgan fingerprint density at radius 3 is 2.10 bits per heavy atom. The fourth-order valence-electron chi connectivity index (χ4n) is 2.98. The van der Waals surface area contributed by atoms with Crippen molar-refractivity contribution in [2.75, 3.05) is 23.7 Å². The van der Waals surface area contributed by atoms with Crippen LogP contribution < -0.4 is 10.6 Å². The summed E-state index contributed by atoms with van der Waals surface area (Å²) in [5.74, 6) is -0.233. The molecule has 2 rings (SSSR count). The molecule has 0 bridgehead atoms. The highest BCUT2D eigenvalue weighted by atomic mass is 16.2. The molecule has 0 aliphatic carbocycles. The number of carbonyl (C=O) groups excluding carboxylic acids is 3. The van der Waals surface area contributed by atoms with Gasteiger partial charge in [0.1, 0.15) is 0 Å². The number of Topliss-reactive ketones (excluding diaryl/α,β-unsaturated/α-hetero) is 1. The first-order chi connectivity index (χ1) is 13.9. The van der Waals surface area contributed by atoms with E-state index in [2.05, 4.69) is 10.6 Å². The van der Waals surface area contributed by atoms with E-state index in [1.165, 1.54) is 6.92 Å². The minimum Gasteiger partial charge on any atom is -0.326 e. The molecule has 0 spiro atoms. The van der Waals surface area contributed by atoms with Crippen LogP contribution in [0.25, 0.3) is 0 Å². The third-order valence-electron chi connectivity index (χ3n) is 4.68. The molecule has 0 aliphatic heterocycles. The average molecular weight is 396 g/mol. The van der Waals surface area contributed by atoms with Gasteiger partial charge in [-0.25, -0.2) is 0 Å². The molecule has 2 aromatic carbocycles. The van der Waals surface area contributed by atoms with Gasteiger partial charge in [-0.05, 0) is 63.2 Å². The van der Waals surface area contributed by atoms with Crippen LogP contribution in [0.3, 0.4) is 0 Å². The Kier molecular flexibility index (Phi) is 8.55. The monoisotopic (exact) mass is 395 g/mol. The Labute approximate surface area is 172 Å². The Balaban J connectivity index is 1.89. The summed E-state index contributed by atoms with van der Waals surface area (Å²) in [7, 11) is 0. The summed E-state index contributed by atoms with van der Waals surface area (Å²) in [5, 5.41) is 5.75. The molecule has 0 saturated heterocycles. The van der Waals surface area contributed by atoms with Crippen LogP contribution in [0.4, 0.5) is 11.4 Å². The van der Waals surface area contributed by atoms with Crippen molar-refractivity contribution < 1.29 is 14.4 Å². The molecule has 2 aromatic rings. The summed E-state index contributed by atoms with van der Waals surface area (Å²) in [5.41, 5.74) is 2.01. The summed E-state index contributed by atoms with van der Waals surface area (Å²) in [6, 6.07) is 15.8. The van der Waals surface area contributed by atoms with Crippen molar-refractivity contribution in [1.29, 1.82) is 0 Å². The molecule has 0 radical (unpaired) electrons. The van der Waals surface area contributed by atoms with Gasteiger partial charge in [0.05, 0.1) is 6.04 Å². The van der Waals surface area contributed by atoms with Crippen LogP contribution in [0.2, 0.25) is 0 Å². The Morgan fingerprint density at radius 1 is 0.897 bits per heavy atom. The van der Waals surface area contributed by atoms with Crippen LogP contribution in [0.1, 0.15) is 44.0 Å². The molecule has 154 valence electrons. The van der Waals surface area contributed by atoms with Gasteiger partial charge in [0, 0.05) is 29.9 Å². The van der Waals surface area contributed by atoms with Crippen LogP contribution in [0.5, 0.6) is 0 Å². The lowest BCUT2D eigenvalue weighted by Gasteiger charge is -2.27. The lowest BCUT2D eigenvalue weighted by Crippen LogP contribution is -2.43. The number of amides is 2. The van der Waals surface area contributed by atoms with E-state index in [9.17, 15) is 14.4 Å². The second-order valence-electron chi connectivity index (χ2n) is 7.00. The second kappa shape index (κ2) is 11.1. The lowest BCUT2D eigenvalue weighted by atomic mass is 10.1. The van der Waals surface area contributed by atoms with E-state index in [1.807, 2.05) is 49.1 Å². The van der Waals surface area contributed by atoms with Gasteiger partial charge in [0.2, 0.25) is 11.8 Å². The highest BCUT2D eigenvalue weighted by molar-refractivity contribution is 5.96. The van der Waals surface area contributed by atoms with Crippen LogP contribution in [-0.2, 0) is 9.59 Å². The molecule has 6 heteroatoms. The number of anilines is 2. The van der Waals surface area contributed by atoms with Crippen molar-refractivity contribution in [3.8, 4) is 0 Å². The molecule has 0 saturated carbocycles. The first kappa shape index (κ1) is 22.3. The molecule has 29 heavy (non-hydrogen) atoms. The van der Waals surface area contributed by atoms with E-state index in [1.54, 1.807) is 24.3 Å². The summed E-state index contributed by atoms with van der Waals surface area (Å²) in [4.78, 5) is 38.2. The first-order valence-electron chi connectivity index (χ1n) is 9.91. The Morgan fingerprint density at radius 2 is 1.52 bits per heavy atom. The zero-order valence-electron chi connectivity index (χ0n) is 17.3. The molecular formula is C23H29N3O3. The van der Waals surface area contributed by atoms with Crippen molar-refractivity contribution >= 4 is 29.0 Å². The maximum absolute atomic E-state index is 12.6. The third kappa shape index (κ3) is 7.16. The lowest BCUT2D eigenvalue weighted by molar-refractivity contribution is -0.122. The number of nitrogens with zero attached hydrogens (tertiary/aromatic N) is 1. The Hall–Kier alpha value is -2.99. The van der Waals surface area contributed by atoms with Gasteiger partial charge in [0.25, 0.3) is 0 Å². The predicted octanol–water partition coefficient (Wildman–Crippen LogP) is 3.96. The normalized spacial score (nSPS) is 11.7. The summed E-state index contributed by atoms with van der Waals surface area (Å²) in [6.45, 7) is 6.61. The molecule has 1 atom stereocenters. The maximum atomic E-state index is 12.6. The van der Waals surface area contributed by atoms with E-state index in [4.69, 9.17) is 0 Å². The van der Waals surface area contributed by atoms with E-state index in [0.717, 1.165) is 18.7 Å².